The number of amides is 1. The van der Waals surface area contributed by atoms with E-state index in [0.717, 1.165) is 17.8 Å². The Hall–Kier alpha value is -2.35. The molecule has 0 saturated heterocycles. The summed E-state index contributed by atoms with van der Waals surface area (Å²) in [4.78, 5) is 22.5. The Bertz CT molecular complexity index is 686. The Morgan fingerprint density at radius 3 is 2.82 bits per heavy atom. The van der Waals surface area contributed by atoms with Crippen LogP contribution in [0, 0.1) is 10.1 Å². The lowest BCUT2D eigenvalue weighted by Gasteiger charge is -2.03. The Morgan fingerprint density at radius 1 is 1.41 bits per heavy atom. The maximum atomic E-state index is 12.2. The van der Waals surface area contributed by atoms with E-state index in [1.807, 2.05) is 0 Å². The highest BCUT2D eigenvalue weighted by Gasteiger charge is 2.20. The van der Waals surface area contributed by atoms with Crippen LogP contribution in [0.3, 0.4) is 0 Å². The summed E-state index contributed by atoms with van der Waals surface area (Å²) in [7, 11) is 0. The van der Waals surface area contributed by atoms with E-state index in [1.165, 1.54) is 29.5 Å². The summed E-state index contributed by atoms with van der Waals surface area (Å²) in [6.45, 7) is 4.15. The molecule has 1 atom stereocenters. The van der Waals surface area contributed by atoms with Crippen molar-refractivity contribution in [2.45, 2.75) is 32.6 Å². The predicted molar refractivity (Wildman–Crippen MR) is 84.3 cm³/mol. The van der Waals surface area contributed by atoms with E-state index in [2.05, 4.69) is 29.4 Å². The molecule has 0 aliphatic rings. The summed E-state index contributed by atoms with van der Waals surface area (Å²) in [5.74, 6) is -0.280. The van der Waals surface area contributed by atoms with Gasteiger partial charge in [0, 0.05) is 12.0 Å². The molecule has 0 saturated carbocycles. The zero-order valence-corrected chi connectivity index (χ0v) is 13.1. The number of hydrogen-bond donors (Lipinski definition) is 1. The van der Waals surface area contributed by atoms with Crippen molar-refractivity contribution in [2.24, 2.45) is 0 Å². The lowest BCUT2D eigenvalue weighted by Crippen LogP contribution is -2.13. The van der Waals surface area contributed by atoms with Crippen LogP contribution in [0.2, 0.25) is 0 Å². The van der Waals surface area contributed by atoms with Crippen molar-refractivity contribution >= 4 is 28.1 Å². The van der Waals surface area contributed by atoms with E-state index >= 15 is 0 Å². The monoisotopic (exact) mass is 320 g/mol. The maximum absolute atomic E-state index is 12.2. The number of carbonyl (C=O) groups is 1. The van der Waals surface area contributed by atoms with Crippen molar-refractivity contribution in [1.82, 2.24) is 10.2 Å². The Kier molecular flexibility index (Phi) is 5.16. The molecule has 2 rings (SSSR count). The molecule has 1 aromatic carbocycles. The first-order valence-corrected chi connectivity index (χ1v) is 7.72. The average molecular weight is 320 g/mol. The highest BCUT2D eigenvalue weighted by molar-refractivity contribution is 7.15. The zero-order valence-electron chi connectivity index (χ0n) is 12.3. The van der Waals surface area contributed by atoms with Gasteiger partial charge in [-0.15, -0.1) is 10.2 Å². The summed E-state index contributed by atoms with van der Waals surface area (Å²) in [6.07, 6.45) is 2.03. The summed E-state index contributed by atoms with van der Waals surface area (Å²) in [6, 6.07) is 5.81. The minimum Gasteiger partial charge on any atom is -0.296 e. The van der Waals surface area contributed by atoms with Crippen LogP contribution in [-0.2, 0) is 0 Å². The van der Waals surface area contributed by atoms with Crippen molar-refractivity contribution in [1.29, 1.82) is 0 Å². The number of carbonyl (C=O) groups excluding carboxylic acids is 1. The summed E-state index contributed by atoms with van der Waals surface area (Å²) in [5, 5.41) is 22.7. The maximum Gasteiger partial charge on any atom is 0.282 e. The van der Waals surface area contributed by atoms with Crippen molar-refractivity contribution in [3.05, 3.63) is 45.0 Å². The Labute approximate surface area is 131 Å². The molecule has 1 N–H and O–H groups in total. The molecule has 1 amide bonds. The molecule has 8 heteroatoms. The fraction of sp³-hybridized carbons (Fsp3) is 0.357. The number of nitro groups is 1. The van der Waals surface area contributed by atoms with Crippen LogP contribution in [0.15, 0.2) is 24.3 Å². The molecular weight excluding hydrogens is 304 g/mol. The molecule has 0 fully saturated rings. The molecule has 1 heterocycles. The van der Waals surface area contributed by atoms with Crippen LogP contribution in [0.5, 0.6) is 0 Å². The molecule has 7 nitrogen and oxygen atoms in total. The molecule has 0 radical (unpaired) electrons. The lowest BCUT2D eigenvalue weighted by molar-refractivity contribution is -0.385. The van der Waals surface area contributed by atoms with E-state index in [4.69, 9.17) is 0 Å². The third-order valence-corrected chi connectivity index (χ3v) is 4.22. The number of nitro benzene ring substituents is 1. The van der Waals surface area contributed by atoms with Crippen LogP contribution in [-0.4, -0.2) is 21.0 Å². The summed E-state index contributed by atoms with van der Waals surface area (Å²) < 4.78 is 0. The second-order valence-corrected chi connectivity index (χ2v) is 5.87. The number of benzene rings is 1. The topological polar surface area (TPSA) is 98.0 Å². The van der Waals surface area contributed by atoms with E-state index < -0.39 is 10.8 Å². The van der Waals surface area contributed by atoms with E-state index in [0.29, 0.717) is 5.13 Å². The first-order valence-electron chi connectivity index (χ1n) is 6.91. The minimum atomic E-state index is -0.580. The zero-order chi connectivity index (χ0) is 16.1. The van der Waals surface area contributed by atoms with Crippen molar-refractivity contribution in [3.63, 3.8) is 0 Å². The second kappa shape index (κ2) is 7.08. The van der Waals surface area contributed by atoms with Gasteiger partial charge in [0.25, 0.3) is 11.6 Å². The van der Waals surface area contributed by atoms with Gasteiger partial charge in [-0.1, -0.05) is 43.7 Å². The average Bonchev–Trinajstić information content (AvgIpc) is 2.96. The van der Waals surface area contributed by atoms with Crippen molar-refractivity contribution < 1.29 is 9.72 Å². The van der Waals surface area contributed by atoms with Crippen molar-refractivity contribution in [2.75, 3.05) is 5.32 Å². The predicted octanol–water partition coefficient (Wildman–Crippen LogP) is 3.60. The van der Waals surface area contributed by atoms with Gasteiger partial charge in [0.15, 0.2) is 0 Å². The number of nitrogens with one attached hydrogen (secondary N) is 1. The molecule has 22 heavy (non-hydrogen) atoms. The van der Waals surface area contributed by atoms with E-state index in [9.17, 15) is 14.9 Å². The molecular formula is C14H16N4O3S. The SMILES string of the molecule is CCC[C@@H](C)c1nnc(NC(=O)c2ccccc2[N+](=O)[O-])s1. The molecule has 0 aliphatic carbocycles. The minimum absolute atomic E-state index is 0.00542. The van der Waals surface area contributed by atoms with Crippen molar-refractivity contribution in [3.8, 4) is 0 Å². The van der Waals surface area contributed by atoms with Crippen LogP contribution in [0.25, 0.3) is 0 Å². The van der Waals surface area contributed by atoms with Gasteiger partial charge in [-0.05, 0) is 12.5 Å². The van der Waals surface area contributed by atoms with Gasteiger partial charge in [0.2, 0.25) is 5.13 Å². The van der Waals surface area contributed by atoms with Gasteiger partial charge in [0.05, 0.1) is 4.92 Å². The van der Waals surface area contributed by atoms with Gasteiger partial charge in [-0.3, -0.25) is 20.2 Å². The number of anilines is 1. The fourth-order valence-electron chi connectivity index (χ4n) is 2.03. The summed E-state index contributed by atoms with van der Waals surface area (Å²) in [5.41, 5.74) is -0.227. The highest BCUT2D eigenvalue weighted by atomic mass is 32.1. The van der Waals surface area contributed by atoms with Gasteiger partial charge >= 0.3 is 0 Å². The standard InChI is InChI=1S/C14H16N4O3S/c1-3-6-9(2)13-16-17-14(22-13)15-12(19)10-7-4-5-8-11(10)18(20)21/h4-5,7-9H,3,6H2,1-2H3,(H,15,17,19)/t9-/m1/s1. The molecule has 0 unspecified atom stereocenters. The third-order valence-electron chi connectivity index (χ3n) is 3.15. The first kappa shape index (κ1) is 16.0. The molecule has 116 valence electrons. The summed E-state index contributed by atoms with van der Waals surface area (Å²) >= 11 is 1.29. The molecule has 1 aromatic heterocycles. The fourth-order valence-corrected chi connectivity index (χ4v) is 2.85. The van der Waals surface area contributed by atoms with E-state index in [-0.39, 0.29) is 17.2 Å². The number of rotatable bonds is 6. The first-order chi connectivity index (χ1) is 10.5. The van der Waals surface area contributed by atoms with Gasteiger partial charge in [-0.2, -0.15) is 0 Å². The quantitative estimate of drug-likeness (QED) is 0.647. The molecule has 0 spiro atoms. The van der Waals surface area contributed by atoms with Gasteiger partial charge < -0.3 is 0 Å². The van der Waals surface area contributed by atoms with Crippen LogP contribution >= 0.6 is 11.3 Å². The normalized spacial score (nSPS) is 11.9. The van der Waals surface area contributed by atoms with E-state index in [1.54, 1.807) is 6.07 Å². The smallest absolute Gasteiger partial charge is 0.282 e. The van der Waals surface area contributed by atoms with Crippen LogP contribution in [0.4, 0.5) is 10.8 Å². The Balaban J connectivity index is 2.15. The van der Waals surface area contributed by atoms with Gasteiger partial charge in [-0.25, -0.2) is 0 Å². The number of hydrogen-bond acceptors (Lipinski definition) is 6. The van der Waals surface area contributed by atoms with Gasteiger partial charge in [0.1, 0.15) is 10.6 Å². The highest BCUT2D eigenvalue weighted by Crippen LogP contribution is 2.27. The molecule has 0 aliphatic heterocycles. The van der Waals surface area contributed by atoms with Crippen LogP contribution < -0.4 is 5.32 Å². The number of para-hydroxylation sites is 1. The number of aromatic nitrogens is 2. The lowest BCUT2D eigenvalue weighted by atomic mass is 10.1. The Morgan fingerprint density at radius 2 is 2.14 bits per heavy atom. The largest absolute Gasteiger partial charge is 0.296 e. The van der Waals surface area contributed by atoms with Crippen LogP contribution in [0.1, 0.15) is 48.0 Å². The second-order valence-electron chi connectivity index (χ2n) is 4.86. The number of nitrogens with zero attached hydrogens (tertiary/aromatic N) is 3. The third kappa shape index (κ3) is 3.64. The molecule has 2 aromatic rings. The molecule has 0 bridgehead atoms.